The van der Waals surface area contributed by atoms with Crippen molar-refractivity contribution in [3.8, 4) is 0 Å². The maximum absolute atomic E-state index is 11.1. The average Bonchev–Trinajstić information content (AvgIpc) is 2.47. The van der Waals surface area contributed by atoms with Crippen LogP contribution < -0.4 is 11.1 Å². The Labute approximate surface area is 102 Å². The third-order valence-electron chi connectivity index (χ3n) is 1.47. The quantitative estimate of drug-likeness (QED) is 0.895. The van der Waals surface area contributed by atoms with E-state index in [1.807, 2.05) is 11.4 Å². The van der Waals surface area contributed by atoms with Gasteiger partial charge in [-0.25, -0.2) is 0 Å². The lowest BCUT2D eigenvalue weighted by molar-refractivity contribution is -0.122. The van der Waals surface area contributed by atoms with E-state index < -0.39 is 6.04 Å². The zero-order valence-corrected chi connectivity index (χ0v) is 10.8. The predicted octanol–water partition coefficient (Wildman–Crippen LogP) is 1.90. The van der Waals surface area contributed by atoms with Crippen molar-refractivity contribution in [1.82, 2.24) is 5.32 Å². The Morgan fingerprint density at radius 1 is 1.79 bits per heavy atom. The summed E-state index contributed by atoms with van der Waals surface area (Å²) in [5.74, 6) is -0.121. The second-order valence-electron chi connectivity index (χ2n) is 2.74. The highest BCUT2D eigenvalue weighted by Gasteiger charge is 2.06. The van der Waals surface area contributed by atoms with Crippen molar-refractivity contribution in [3.63, 3.8) is 0 Å². The van der Waals surface area contributed by atoms with E-state index in [1.54, 1.807) is 18.3 Å². The maximum atomic E-state index is 11.1. The monoisotopic (exact) mass is 298 g/mol. The lowest BCUT2D eigenvalue weighted by atomic mass is 10.3. The Kier molecular flexibility index (Phi) is 6.35. The van der Waals surface area contributed by atoms with Crippen molar-refractivity contribution in [1.29, 1.82) is 0 Å². The molecule has 1 atom stereocenters. The molecule has 0 saturated carbocycles. The molecule has 0 unspecified atom stereocenters. The van der Waals surface area contributed by atoms with Gasteiger partial charge in [-0.1, -0.05) is 0 Å². The number of rotatable bonds is 3. The van der Waals surface area contributed by atoms with Gasteiger partial charge in [0.25, 0.3) is 0 Å². The summed E-state index contributed by atoms with van der Waals surface area (Å²) in [4.78, 5) is 12.2. The molecule has 6 heteroatoms. The minimum absolute atomic E-state index is 0. The van der Waals surface area contributed by atoms with Crippen molar-refractivity contribution in [2.45, 2.75) is 19.5 Å². The molecule has 0 aliphatic rings. The van der Waals surface area contributed by atoms with Crippen LogP contribution in [0.2, 0.25) is 0 Å². The summed E-state index contributed by atoms with van der Waals surface area (Å²) in [6.07, 6.45) is 0. The minimum Gasteiger partial charge on any atom is -0.350 e. The smallest absolute Gasteiger partial charge is 0.236 e. The average molecular weight is 300 g/mol. The first-order valence-electron chi connectivity index (χ1n) is 3.86. The summed E-state index contributed by atoms with van der Waals surface area (Å²) in [5, 5.41) is 4.72. The van der Waals surface area contributed by atoms with E-state index in [4.69, 9.17) is 5.73 Å². The van der Waals surface area contributed by atoms with Gasteiger partial charge in [0.2, 0.25) is 5.91 Å². The third kappa shape index (κ3) is 4.41. The SMILES string of the molecule is C[C@@H](N)C(=O)NCc1cc(Br)cs1.Cl. The first-order chi connectivity index (χ1) is 6.09. The minimum atomic E-state index is -0.441. The number of nitrogens with two attached hydrogens (primary N) is 1. The highest BCUT2D eigenvalue weighted by atomic mass is 79.9. The number of carbonyl (C=O) groups is 1. The summed E-state index contributed by atoms with van der Waals surface area (Å²) < 4.78 is 1.04. The van der Waals surface area contributed by atoms with E-state index >= 15 is 0 Å². The Bertz CT molecular complexity index is 303. The first kappa shape index (κ1) is 13.9. The van der Waals surface area contributed by atoms with Gasteiger partial charge in [0.1, 0.15) is 0 Å². The summed E-state index contributed by atoms with van der Waals surface area (Å²) in [7, 11) is 0. The fraction of sp³-hybridized carbons (Fsp3) is 0.375. The highest BCUT2D eigenvalue weighted by molar-refractivity contribution is 9.10. The second-order valence-corrected chi connectivity index (χ2v) is 4.65. The lowest BCUT2D eigenvalue weighted by Crippen LogP contribution is -2.37. The molecule has 1 aromatic rings. The maximum Gasteiger partial charge on any atom is 0.236 e. The van der Waals surface area contributed by atoms with Crippen LogP contribution in [-0.2, 0) is 11.3 Å². The molecule has 1 heterocycles. The molecule has 1 amide bonds. The number of amides is 1. The van der Waals surface area contributed by atoms with Gasteiger partial charge in [-0.3, -0.25) is 4.79 Å². The number of nitrogens with one attached hydrogen (secondary N) is 1. The third-order valence-corrected chi connectivity index (χ3v) is 3.17. The van der Waals surface area contributed by atoms with Crippen LogP contribution in [0.5, 0.6) is 0 Å². The molecular weight excluding hydrogens is 288 g/mol. The Morgan fingerprint density at radius 3 is 2.86 bits per heavy atom. The first-order valence-corrected chi connectivity index (χ1v) is 5.53. The van der Waals surface area contributed by atoms with Gasteiger partial charge in [-0.05, 0) is 28.9 Å². The van der Waals surface area contributed by atoms with Crippen molar-refractivity contribution in [3.05, 3.63) is 20.8 Å². The molecular formula is C8H12BrClN2OS. The van der Waals surface area contributed by atoms with Crippen LogP contribution in [0.25, 0.3) is 0 Å². The number of hydrogen-bond donors (Lipinski definition) is 2. The van der Waals surface area contributed by atoms with Gasteiger partial charge in [-0.15, -0.1) is 23.7 Å². The van der Waals surface area contributed by atoms with Crippen LogP contribution >= 0.6 is 39.7 Å². The zero-order valence-electron chi connectivity index (χ0n) is 7.62. The van der Waals surface area contributed by atoms with E-state index in [1.165, 1.54) is 0 Å². The number of carbonyl (C=O) groups excluding carboxylic acids is 1. The second kappa shape index (κ2) is 6.40. The van der Waals surface area contributed by atoms with Crippen LogP contribution in [0.1, 0.15) is 11.8 Å². The summed E-state index contributed by atoms with van der Waals surface area (Å²) in [6.45, 7) is 2.22. The van der Waals surface area contributed by atoms with Crippen molar-refractivity contribution >= 4 is 45.6 Å². The van der Waals surface area contributed by atoms with Gasteiger partial charge < -0.3 is 11.1 Å². The molecule has 1 aromatic heterocycles. The molecule has 3 N–H and O–H groups in total. The van der Waals surface area contributed by atoms with Crippen molar-refractivity contribution in [2.24, 2.45) is 5.73 Å². The van der Waals surface area contributed by atoms with E-state index in [2.05, 4.69) is 21.2 Å². The van der Waals surface area contributed by atoms with Gasteiger partial charge >= 0.3 is 0 Å². The Hall–Kier alpha value is -0.100. The van der Waals surface area contributed by atoms with Crippen molar-refractivity contribution < 1.29 is 4.79 Å². The van der Waals surface area contributed by atoms with E-state index in [-0.39, 0.29) is 18.3 Å². The van der Waals surface area contributed by atoms with Crippen LogP contribution in [-0.4, -0.2) is 11.9 Å². The molecule has 0 bridgehead atoms. The van der Waals surface area contributed by atoms with E-state index in [9.17, 15) is 4.79 Å². The molecule has 80 valence electrons. The Balaban J connectivity index is 0.00000169. The molecule has 14 heavy (non-hydrogen) atoms. The van der Waals surface area contributed by atoms with Crippen molar-refractivity contribution in [2.75, 3.05) is 0 Å². The molecule has 0 saturated heterocycles. The number of hydrogen-bond acceptors (Lipinski definition) is 3. The standard InChI is InChI=1S/C8H11BrN2OS.ClH/c1-5(10)8(12)11-3-7-2-6(9)4-13-7;/h2,4-5H,3,10H2,1H3,(H,11,12);1H/t5-;/m1./s1. The van der Waals surface area contributed by atoms with E-state index in [0.717, 1.165) is 9.35 Å². The molecule has 0 spiro atoms. The zero-order chi connectivity index (χ0) is 9.84. The fourth-order valence-corrected chi connectivity index (χ4v) is 2.17. The summed E-state index contributed by atoms with van der Waals surface area (Å²) in [5.41, 5.74) is 5.39. The molecule has 0 fully saturated rings. The summed E-state index contributed by atoms with van der Waals surface area (Å²) in [6, 6.07) is 1.54. The molecule has 0 aromatic carbocycles. The lowest BCUT2D eigenvalue weighted by Gasteiger charge is -2.05. The van der Waals surface area contributed by atoms with Gasteiger partial charge in [0.15, 0.2) is 0 Å². The normalized spacial score (nSPS) is 11.6. The van der Waals surface area contributed by atoms with E-state index in [0.29, 0.717) is 6.54 Å². The van der Waals surface area contributed by atoms with Gasteiger partial charge in [0, 0.05) is 14.7 Å². The molecule has 0 aliphatic heterocycles. The molecule has 0 aliphatic carbocycles. The highest BCUT2D eigenvalue weighted by Crippen LogP contribution is 2.19. The molecule has 3 nitrogen and oxygen atoms in total. The molecule has 1 rings (SSSR count). The van der Waals surface area contributed by atoms with Crippen LogP contribution in [0, 0.1) is 0 Å². The van der Waals surface area contributed by atoms with Crippen LogP contribution in [0.15, 0.2) is 15.9 Å². The molecule has 0 radical (unpaired) electrons. The largest absolute Gasteiger partial charge is 0.350 e. The number of thiophene rings is 1. The summed E-state index contributed by atoms with van der Waals surface area (Å²) >= 11 is 4.94. The predicted molar refractivity (Wildman–Crippen MR) is 64.8 cm³/mol. The van der Waals surface area contributed by atoms with Gasteiger partial charge in [0.05, 0.1) is 12.6 Å². The Morgan fingerprint density at radius 2 is 2.43 bits per heavy atom. The van der Waals surface area contributed by atoms with Crippen LogP contribution in [0.3, 0.4) is 0 Å². The fourth-order valence-electron chi connectivity index (χ4n) is 0.782. The van der Waals surface area contributed by atoms with Crippen LogP contribution in [0.4, 0.5) is 0 Å². The van der Waals surface area contributed by atoms with Gasteiger partial charge in [-0.2, -0.15) is 0 Å². The topological polar surface area (TPSA) is 55.1 Å². The number of halogens is 2.